The lowest BCUT2D eigenvalue weighted by molar-refractivity contribution is -0.116. The zero-order chi connectivity index (χ0) is 20.6. The molecule has 146 valence electrons. The van der Waals surface area contributed by atoms with Gasteiger partial charge >= 0.3 is 0 Å². The maximum absolute atomic E-state index is 13.2. The Bertz CT molecular complexity index is 1070. The molecule has 0 saturated carbocycles. The average Bonchev–Trinajstić information content (AvgIpc) is 2.81. The fraction of sp³-hybridized carbons (Fsp3) is 0.0385. The molecule has 4 heteroatoms. The van der Waals surface area contributed by atoms with Crippen LogP contribution in [-0.4, -0.2) is 5.91 Å². The number of rotatable bonds is 6. The van der Waals surface area contributed by atoms with Gasteiger partial charge < -0.3 is 5.32 Å². The van der Waals surface area contributed by atoms with Crippen molar-refractivity contribution in [2.45, 2.75) is 5.92 Å². The molecule has 1 amide bonds. The summed E-state index contributed by atoms with van der Waals surface area (Å²) in [7, 11) is 0. The summed E-state index contributed by atoms with van der Waals surface area (Å²) in [6, 6.07) is 36.5. The first kappa shape index (κ1) is 19.3. The summed E-state index contributed by atoms with van der Waals surface area (Å²) in [6.07, 6.45) is 0. The Balaban J connectivity index is 1.51. The monoisotopic (exact) mass is 391 g/mol. The van der Waals surface area contributed by atoms with Crippen LogP contribution in [0.2, 0.25) is 0 Å². The van der Waals surface area contributed by atoms with E-state index in [0.717, 1.165) is 28.2 Å². The Morgan fingerprint density at radius 1 is 0.567 bits per heavy atom. The molecular formula is C26H21N3O. The minimum atomic E-state index is -0.384. The first-order valence-electron chi connectivity index (χ1n) is 9.77. The summed E-state index contributed by atoms with van der Waals surface area (Å²) in [5.74, 6) is -0.462. The molecule has 4 aromatic rings. The van der Waals surface area contributed by atoms with Crippen molar-refractivity contribution in [2.75, 3.05) is 5.32 Å². The molecule has 0 atom stereocenters. The molecule has 4 rings (SSSR count). The Morgan fingerprint density at radius 3 is 1.50 bits per heavy atom. The van der Waals surface area contributed by atoms with E-state index in [-0.39, 0.29) is 11.8 Å². The van der Waals surface area contributed by atoms with Crippen LogP contribution in [0, 0.1) is 0 Å². The van der Waals surface area contributed by atoms with Crippen molar-refractivity contribution < 1.29 is 4.79 Å². The second-order valence-electron chi connectivity index (χ2n) is 6.83. The number of nitrogens with zero attached hydrogens (tertiary/aromatic N) is 2. The van der Waals surface area contributed by atoms with E-state index in [1.165, 1.54) is 0 Å². The van der Waals surface area contributed by atoms with Crippen molar-refractivity contribution in [3.05, 3.63) is 126 Å². The van der Waals surface area contributed by atoms with Gasteiger partial charge in [0, 0.05) is 5.69 Å². The van der Waals surface area contributed by atoms with Crippen LogP contribution in [0.4, 0.5) is 17.1 Å². The Hall–Kier alpha value is -4.05. The number of azo groups is 1. The van der Waals surface area contributed by atoms with Gasteiger partial charge in [-0.3, -0.25) is 4.79 Å². The quantitative estimate of drug-likeness (QED) is 0.358. The standard InChI is InChI=1S/C26H21N3O/c30-26(25(20-10-4-1-5-11-20)21-12-6-2-7-13-21)27-22-16-18-24(19-17-22)29-28-23-14-8-3-9-15-23/h1-19,25H,(H,27,30). The zero-order valence-corrected chi connectivity index (χ0v) is 16.3. The number of carbonyl (C=O) groups excluding carboxylic acids is 1. The Kier molecular flexibility index (Phi) is 6.06. The molecular weight excluding hydrogens is 370 g/mol. The van der Waals surface area contributed by atoms with Crippen molar-refractivity contribution in [1.82, 2.24) is 0 Å². The highest BCUT2D eigenvalue weighted by atomic mass is 16.1. The van der Waals surface area contributed by atoms with Crippen LogP contribution in [-0.2, 0) is 4.79 Å². The van der Waals surface area contributed by atoms with Crippen molar-refractivity contribution >= 4 is 23.0 Å². The second kappa shape index (κ2) is 9.43. The van der Waals surface area contributed by atoms with E-state index in [9.17, 15) is 4.79 Å². The number of amides is 1. The van der Waals surface area contributed by atoms with Gasteiger partial charge in [-0.1, -0.05) is 78.9 Å². The van der Waals surface area contributed by atoms with E-state index in [4.69, 9.17) is 0 Å². The van der Waals surface area contributed by atoms with E-state index >= 15 is 0 Å². The first-order valence-corrected chi connectivity index (χ1v) is 9.77. The number of nitrogens with one attached hydrogen (secondary N) is 1. The van der Waals surface area contributed by atoms with Gasteiger partial charge in [-0.2, -0.15) is 10.2 Å². The highest BCUT2D eigenvalue weighted by molar-refractivity contribution is 5.98. The fourth-order valence-electron chi connectivity index (χ4n) is 3.22. The van der Waals surface area contributed by atoms with Gasteiger partial charge in [0.25, 0.3) is 0 Å². The number of hydrogen-bond donors (Lipinski definition) is 1. The number of anilines is 1. The van der Waals surface area contributed by atoms with E-state index in [1.807, 2.05) is 115 Å². The van der Waals surface area contributed by atoms with E-state index in [2.05, 4.69) is 15.5 Å². The third-order valence-corrected chi connectivity index (χ3v) is 4.70. The molecule has 0 saturated heterocycles. The van der Waals surface area contributed by atoms with Gasteiger partial charge in [-0.05, 0) is 47.5 Å². The van der Waals surface area contributed by atoms with Gasteiger partial charge in [0.2, 0.25) is 5.91 Å². The average molecular weight is 391 g/mol. The van der Waals surface area contributed by atoms with Gasteiger partial charge in [0.1, 0.15) is 0 Å². The smallest absolute Gasteiger partial charge is 0.236 e. The summed E-state index contributed by atoms with van der Waals surface area (Å²) < 4.78 is 0. The number of carbonyl (C=O) groups is 1. The van der Waals surface area contributed by atoms with Crippen LogP contribution < -0.4 is 5.32 Å². The fourth-order valence-corrected chi connectivity index (χ4v) is 3.22. The maximum atomic E-state index is 13.2. The third kappa shape index (κ3) is 4.86. The molecule has 0 aliphatic heterocycles. The molecule has 4 aromatic carbocycles. The molecule has 0 fully saturated rings. The van der Waals surface area contributed by atoms with Gasteiger partial charge in [-0.15, -0.1) is 0 Å². The molecule has 1 N–H and O–H groups in total. The molecule has 0 radical (unpaired) electrons. The topological polar surface area (TPSA) is 53.8 Å². The van der Waals surface area contributed by atoms with Crippen LogP contribution in [0.5, 0.6) is 0 Å². The lowest BCUT2D eigenvalue weighted by atomic mass is 9.90. The Morgan fingerprint density at radius 2 is 1.00 bits per heavy atom. The Labute approximate surface area is 175 Å². The number of hydrogen-bond acceptors (Lipinski definition) is 3. The summed E-state index contributed by atoms with van der Waals surface area (Å²) in [4.78, 5) is 13.2. The third-order valence-electron chi connectivity index (χ3n) is 4.70. The molecule has 0 aromatic heterocycles. The largest absolute Gasteiger partial charge is 0.325 e. The van der Waals surface area contributed by atoms with Crippen molar-refractivity contribution in [2.24, 2.45) is 10.2 Å². The molecule has 4 nitrogen and oxygen atoms in total. The lowest BCUT2D eigenvalue weighted by Crippen LogP contribution is -2.22. The number of benzene rings is 4. The molecule has 0 spiro atoms. The van der Waals surface area contributed by atoms with E-state index in [1.54, 1.807) is 0 Å². The first-order chi connectivity index (χ1) is 14.8. The van der Waals surface area contributed by atoms with Crippen LogP contribution in [0.25, 0.3) is 0 Å². The summed E-state index contributed by atoms with van der Waals surface area (Å²) in [5.41, 5.74) is 4.14. The molecule has 0 aliphatic rings. The van der Waals surface area contributed by atoms with Crippen LogP contribution in [0.3, 0.4) is 0 Å². The minimum Gasteiger partial charge on any atom is -0.325 e. The maximum Gasteiger partial charge on any atom is 0.236 e. The van der Waals surface area contributed by atoms with Crippen molar-refractivity contribution in [3.63, 3.8) is 0 Å². The SMILES string of the molecule is O=C(Nc1ccc(N=Nc2ccccc2)cc1)C(c1ccccc1)c1ccccc1. The van der Waals surface area contributed by atoms with Crippen LogP contribution in [0.15, 0.2) is 125 Å². The predicted octanol–water partition coefficient (Wildman–Crippen LogP) is 6.87. The van der Waals surface area contributed by atoms with Gasteiger partial charge in [-0.25, -0.2) is 0 Å². The van der Waals surface area contributed by atoms with Gasteiger partial charge in [0.05, 0.1) is 17.3 Å². The second-order valence-corrected chi connectivity index (χ2v) is 6.83. The molecule has 0 heterocycles. The lowest BCUT2D eigenvalue weighted by Gasteiger charge is -2.18. The van der Waals surface area contributed by atoms with Crippen LogP contribution >= 0.6 is 0 Å². The summed E-state index contributed by atoms with van der Waals surface area (Å²) in [6.45, 7) is 0. The molecule has 30 heavy (non-hydrogen) atoms. The zero-order valence-electron chi connectivity index (χ0n) is 16.3. The van der Waals surface area contributed by atoms with Gasteiger partial charge in [0.15, 0.2) is 0 Å². The summed E-state index contributed by atoms with van der Waals surface area (Å²) >= 11 is 0. The predicted molar refractivity (Wildman–Crippen MR) is 120 cm³/mol. The van der Waals surface area contributed by atoms with E-state index in [0.29, 0.717) is 0 Å². The highest BCUT2D eigenvalue weighted by Gasteiger charge is 2.22. The van der Waals surface area contributed by atoms with Crippen LogP contribution in [0.1, 0.15) is 17.0 Å². The molecule has 0 aliphatic carbocycles. The minimum absolute atomic E-state index is 0.0777. The summed E-state index contributed by atoms with van der Waals surface area (Å²) in [5, 5.41) is 11.5. The van der Waals surface area contributed by atoms with Crippen molar-refractivity contribution in [3.8, 4) is 0 Å². The molecule has 0 unspecified atom stereocenters. The van der Waals surface area contributed by atoms with E-state index < -0.39 is 0 Å². The highest BCUT2D eigenvalue weighted by Crippen LogP contribution is 2.27. The van der Waals surface area contributed by atoms with Crippen molar-refractivity contribution in [1.29, 1.82) is 0 Å². The normalized spacial score (nSPS) is 11.0. The molecule has 0 bridgehead atoms.